The van der Waals surface area contributed by atoms with Gasteiger partial charge >= 0.3 is 6.36 Å². The molecular weight excluding hydrogens is 427 g/mol. The number of anilines is 1. The van der Waals surface area contributed by atoms with Gasteiger partial charge in [0.25, 0.3) is 5.56 Å². The molecule has 168 valence electrons. The summed E-state index contributed by atoms with van der Waals surface area (Å²) in [6, 6.07) is 15.1. The fourth-order valence-corrected chi connectivity index (χ4v) is 2.88. The third-order valence-electron chi connectivity index (χ3n) is 4.40. The number of hydrogen-bond acceptors (Lipinski definition) is 5. The average molecular weight is 447 g/mol. The molecule has 0 aliphatic carbocycles. The highest BCUT2D eigenvalue weighted by Gasteiger charge is 2.30. The van der Waals surface area contributed by atoms with Crippen LogP contribution in [0.5, 0.6) is 11.5 Å². The molecule has 7 nitrogen and oxygen atoms in total. The van der Waals surface area contributed by atoms with E-state index in [1.807, 2.05) is 12.1 Å². The number of rotatable bonds is 8. The fraction of sp³-hybridized carbons (Fsp3) is 0.227. The van der Waals surface area contributed by atoms with Gasteiger partial charge in [-0.1, -0.05) is 0 Å². The molecule has 0 saturated heterocycles. The Balaban J connectivity index is 1.54. The Labute approximate surface area is 181 Å². The quantitative estimate of drug-likeness (QED) is 0.559. The van der Waals surface area contributed by atoms with Crippen molar-refractivity contribution in [1.29, 1.82) is 0 Å². The summed E-state index contributed by atoms with van der Waals surface area (Å²) < 4.78 is 46.8. The van der Waals surface area contributed by atoms with Crippen molar-refractivity contribution in [3.8, 4) is 22.8 Å². The van der Waals surface area contributed by atoms with Crippen LogP contribution in [0, 0.1) is 0 Å². The highest BCUT2D eigenvalue weighted by molar-refractivity contribution is 5.90. The maximum atomic E-state index is 12.2. The number of halogens is 3. The van der Waals surface area contributed by atoms with E-state index >= 15 is 0 Å². The van der Waals surface area contributed by atoms with Crippen LogP contribution in [0.3, 0.4) is 0 Å². The predicted octanol–water partition coefficient (Wildman–Crippen LogP) is 4.24. The van der Waals surface area contributed by atoms with Gasteiger partial charge in [-0.3, -0.25) is 9.59 Å². The summed E-state index contributed by atoms with van der Waals surface area (Å²) in [5.74, 6) is -0.0119. The summed E-state index contributed by atoms with van der Waals surface area (Å²) >= 11 is 0. The third-order valence-corrected chi connectivity index (χ3v) is 4.40. The molecule has 0 spiro atoms. The van der Waals surface area contributed by atoms with Crippen molar-refractivity contribution in [3.05, 3.63) is 71.0 Å². The second-order valence-electron chi connectivity index (χ2n) is 6.73. The summed E-state index contributed by atoms with van der Waals surface area (Å²) in [4.78, 5) is 24.2. The van der Waals surface area contributed by atoms with Gasteiger partial charge in [0.2, 0.25) is 5.91 Å². The first-order valence-electron chi connectivity index (χ1n) is 9.62. The van der Waals surface area contributed by atoms with Crippen LogP contribution in [0.4, 0.5) is 18.9 Å². The minimum atomic E-state index is -4.78. The van der Waals surface area contributed by atoms with E-state index in [4.69, 9.17) is 4.74 Å². The first-order chi connectivity index (χ1) is 15.2. The molecule has 0 aliphatic rings. The largest absolute Gasteiger partial charge is 0.573 e. The minimum Gasteiger partial charge on any atom is -0.497 e. The van der Waals surface area contributed by atoms with Crippen LogP contribution in [0.15, 0.2) is 65.5 Å². The maximum Gasteiger partial charge on any atom is 0.573 e. The van der Waals surface area contributed by atoms with E-state index in [0.29, 0.717) is 23.6 Å². The van der Waals surface area contributed by atoms with Crippen LogP contribution in [0.2, 0.25) is 0 Å². The number of aromatic nitrogens is 2. The molecule has 1 amide bonds. The van der Waals surface area contributed by atoms with E-state index < -0.39 is 6.36 Å². The number of nitrogens with one attached hydrogen (secondary N) is 1. The number of amides is 1. The summed E-state index contributed by atoms with van der Waals surface area (Å²) in [7, 11) is 1.57. The van der Waals surface area contributed by atoms with Crippen LogP contribution >= 0.6 is 0 Å². The number of methoxy groups -OCH3 is 1. The van der Waals surface area contributed by atoms with Crippen LogP contribution in [-0.4, -0.2) is 29.2 Å². The Morgan fingerprint density at radius 1 is 1.00 bits per heavy atom. The van der Waals surface area contributed by atoms with E-state index in [1.165, 1.54) is 22.9 Å². The number of hydrogen-bond donors (Lipinski definition) is 1. The zero-order chi connectivity index (χ0) is 23.1. The predicted molar refractivity (Wildman–Crippen MR) is 111 cm³/mol. The normalized spacial score (nSPS) is 11.1. The van der Waals surface area contributed by atoms with Gasteiger partial charge in [-0.25, -0.2) is 4.68 Å². The second-order valence-corrected chi connectivity index (χ2v) is 6.73. The van der Waals surface area contributed by atoms with Crippen molar-refractivity contribution >= 4 is 11.6 Å². The number of aryl methyl sites for hydroxylation is 1. The van der Waals surface area contributed by atoms with Gasteiger partial charge in [0.05, 0.1) is 12.8 Å². The monoisotopic (exact) mass is 447 g/mol. The van der Waals surface area contributed by atoms with E-state index in [1.54, 1.807) is 25.3 Å². The molecular formula is C22H20F3N3O4. The van der Waals surface area contributed by atoms with Crippen molar-refractivity contribution < 1.29 is 27.4 Å². The van der Waals surface area contributed by atoms with Crippen LogP contribution in [0.25, 0.3) is 11.3 Å². The standard InChI is InChI=1S/C22H20F3N3O4/c1-31-17-8-4-15(5-9-17)19-12-13-21(30)28(27-19)14-2-3-20(29)26-16-6-10-18(11-7-16)32-22(23,24)25/h4-13H,2-3,14H2,1H3,(H,26,29). The van der Waals surface area contributed by atoms with Gasteiger partial charge in [0, 0.05) is 30.3 Å². The van der Waals surface area contributed by atoms with E-state index in [-0.39, 0.29) is 30.2 Å². The summed E-state index contributed by atoms with van der Waals surface area (Å²) in [6.07, 6.45) is -4.33. The van der Waals surface area contributed by atoms with E-state index in [0.717, 1.165) is 17.7 Å². The van der Waals surface area contributed by atoms with Crippen LogP contribution in [0.1, 0.15) is 12.8 Å². The number of carbonyl (C=O) groups excluding carboxylic acids is 1. The zero-order valence-corrected chi connectivity index (χ0v) is 17.1. The molecule has 10 heteroatoms. The highest BCUT2D eigenvalue weighted by Crippen LogP contribution is 2.24. The van der Waals surface area contributed by atoms with Gasteiger partial charge in [0.15, 0.2) is 0 Å². The number of carbonyl (C=O) groups is 1. The average Bonchev–Trinajstić information content (AvgIpc) is 2.75. The van der Waals surface area contributed by atoms with Gasteiger partial charge in [-0.2, -0.15) is 5.10 Å². The first-order valence-corrected chi connectivity index (χ1v) is 9.62. The first kappa shape index (κ1) is 22.9. The third kappa shape index (κ3) is 6.59. The molecule has 2 aromatic carbocycles. The van der Waals surface area contributed by atoms with Crippen molar-refractivity contribution in [2.45, 2.75) is 25.7 Å². The zero-order valence-electron chi connectivity index (χ0n) is 17.1. The molecule has 0 fully saturated rings. The molecule has 32 heavy (non-hydrogen) atoms. The molecule has 0 radical (unpaired) electrons. The number of ether oxygens (including phenoxy) is 2. The highest BCUT2D eigenvalue weighted by atomic mass is 19.4. The summed E-state index contributed by atoms with van der Waals surface area (Å²) in [5.41, 5.74) is 1.47. The minimum absolute atomic E-state index is 0.0989. The summed E-state index contributed by atoms with van der Waals surface area (Å²) in [5, 5.41) is 6.93. The smallest absolute Gasteiger partial charge is 0.497 e. The topological polar surface area (TPSA) is 82.5 Å². The van der Waals surface area contributed by atoms with Crippen LogP contribution < -0.4 is 20.3 Å². The van der Waals surface area contributed by atoms with Gasteiger partial charge in [-0.05, 0) is 61.0 Å². The molecule has 0 aliphatic heterocycles. The number of alkyl halides is 3. The van der Waals surface area contributed by atoms with Crippen LogP contribution in [-0.2, 0) is 11.3 Å². The lowest BCUT2D eigenvalue weighted by molar-refractivity contribution is -0.274. The molecule has 3 aromatic rings. The second kappa shape index (κ2) is 9.99. The SMILES string of the molecule is COc1ccc(-c2ccc(=O)n(CCCC(=O)Nc3ccc(OC(F)(F)F)cc3)n2)cc1. The molecule has 3 rings (SSSR count). The Kier molecular flexibility index (Phi) is 7.14. The van der Waals surface area contributed by atoms with Crippen molar-refractivity contribution in [2.24, 2.45) is 0 Å². The van der Waals surface area contributed by atoms with Gasteiger partial charge < -0.3 is 14.8 Å². The van der Waals surface area contributed by atoms with E-state index in [2.05, 4.69) is 15.2 Å². The molecule has 0 unspecified atom stereocenters. The molecule has 1 aromatic heterocycles. The van der Waals surface area contributed by atoms with Gasteiger partial charge in [-0.15, -0.1) is 13.2 Å². The number of nitrogens with zero attached hydrogens (tertiary/aromatic N) is 2. The molecule has 0 atom stereocenters. The molecule has 0 saturated carbocycles. The summed E-state index contributed by atoms with van der Waals surface area (Å²) in [6.45, 7) is 0.231. The Bertz CT molecular complexity index is 1110. The molecule has 0 bridgehead atoms. The van der Waals surface area contributed by atoms with Crippen molar-refractivity contribution in [1.82, 2.24) is 9.78 Å². The number of benzene rings is 2. The van der Waals surface area contributed by atoms with Gasteiger partial charge in [0.1, 0.15) is 11.5 Å². The Morgan fingerprint density at radius 2 is 1.66 bits per heavy atom. The maximum absolute atomic E-state index is 12.2. The fourth-order valence-electron chi connectivity index (χ4n) is 2.88. The Hall–Kier alpha value is -3.82. The lowest BCUT2D eigenvalue weighted by atomic mass is 10.1. The lowest BCUT2D eigenvalue weighted by Crippen LogP contribution is -2.23. The molecule has 1 N–H and O–H groups in total. The van der Waals surface area contributed by atoms with E-state index in [9.17, 15) is 22.8 Å². The lowest BCUT2D eigenvalue weighted by Gasteiger charge is -2.10. The van der Waals surface area contributed by atoms with Crippen molar-refractivity contribution in [2.75, 3.05) is 12.4 Å². The molecule has 1 heterocycles. The van der Waals surface area contributed by atoms with Crippen molar-refractivity contribution in [3.63, 3.8) is 0 Å². The Morgan fingerprint density at radius 3 is 2.28 bits per heavy atom.